The smallest absolute Gasteiger partial charge is 0.170 e. The molecule has 0 spiro atoms. The van der Waals surface area contributed by atoms with Gasteiger partial charge in [0.25, 0.3) is 0 Å². The SMILES string of the molecule is CCCCC1(c2ccccc2)CC(=O)c2ccccc2O1. The Kier molecular flexibility index (Phi) is 3.78. The van der Waals surface area contributed by atoms with Gasteiger partial charge >= 0.3 is 0 Å². The molecule has 2 aromatic carbocycles. The maximum atomic E-state index is 12.6. The van der Waals surface area contributed by atoms with Crippen LogP contribution >= 0.6 is 0 Å². The van der Waals surface area contributed by atoms with E-state index in [1.807, 2.05) is 42.5 Å². The Morgan fingerprint density at radius 1 is 1.05 bits per heavy atom. The zero-order chi connectivity index (χ0) is 14.7. The van der Waals surface area contributed by atoms with Crippen LogP contribution in [0.15, 0.2) is 54.6 Å². The molecule has 0 bridgehead atoms. The van der Waals surface area contributed by atoms with Gasteiger partial charge in [-0.3, -0.25) is 4.79 Å². The Balaban J connectivity index is 2.04. The molecule has 0 amide bonds. The van der Waals surface area contributed by atoms with Gasteiger partial charge in [0.1, 0.15) is 11.4 Å². The second-order valence-corrected chi connectivity index (χ2v) is 5.66. The number of para-hydroxylation sites is 1. The Morgan fingerprint density at radius 2 is 1.76 bits per heavy atom. The van der Waals surface area contributed by atoms with Crippen molar-refractivity contribution in [3.8, 4) is 5.75 Å². The number of ether oxygens (including phenoxy) is 1. The van der Waals surface area contributed by atoms with E-state index in [1.54, 1.807) is 0 Å². The fourth-order valence-electron chi connectivity index (χ4n) is 3.04. The highest BCUT2D eigenvalue weighted by Crippen LogP contribution is 2.42. The molecule has 0 saturated heterocycles. The molecule has 1 atom stereocenters. The van der Waals surface area contributed by atoms with Crippen LogP contribution in [0.3, 0.4) is 0 Å². The van der Waals surface area contributed by atoms with Crippen molar-refractivity contribution in [1.82, 2.24) is 0 Å². The van der Waals surface area contributed by atoms with E-state index in [0.29, 0.717) is 17.7 Å². The van der Waals surface area contributed by atoms with Crippen molar-refractivity contribution in [2.75, 3.05) is 0 Å². The van der Waals surface area contributed by atoms with Gasteiger partial charge in [-0.25, -0.2) is 0 Å². The first-order valence-electron chi connectivity index (χ1n) is 7.62. The first-order valence-corrected chi connectivity index (χ1v) is 7.62. The predicted molar refractivity (Wildman–Crippen MR) is 83.7 cm³/mol. The molecule has 1 aliphatic rings. The number of benzene rings is 2. The molecule has 0 saturated carbocycles. The molecule has 2 nitrogen and oxygen atoms in total. The lowest BCUT2D eigenvalue weighted by Crippen LogP contribution is -2.39. The summed E-state index contributed by atoms with van der Waals surface area (Å²) in [5.41, 5.74) is 1.30. The Hall–Kier alpha value is -2.09. The van der Waals surface area contributed by atoms with Gasteiger partial charge in [0.2, 0.25) is 0 Å². The van der Waals surface area contributed by atoms with Gasteiger partial charge in [0.15, 0.2) is 5.78 Å². The average Bonchev–Trinajstić information content (AvgIpc) is 2.54. The number of Topliss-reactive ketones (excluding diaryl/α,β-unsaturated/α-hetero) is 1. The van der Waals surface area contributed by atoms with E-state index in [0.717, 1.165) is 24.8 Å². The van der Waals surface area contributed by atoms with Crippen LogP contribution in [-0.4, -0.2) is 5.78 Å². The quantitative estimate of drug-likeness (QED) is 0.808. The highest BCUT2D eigenvalue weighted by atomic mass is 16.5. The lowest BCUT2D eigenvalue weighted by Gasteiger charge is -2.38. The minimum absolute atomic E-state index is 0.178. The number of unbranched alkanes of at least 4 members (excludes halogenated alkanes) is 1. The third kappa shape index (κ3) is 2.58. The number of carbonyl (C=O) groups excluding carboxylic acids is 1. The summed E-state index contributed by atoms with van der Waals surface area (Å²) in [6.07, 6.45) is 3.43. The number of ketones is 1. The number of hydrogen-bond donors (Lipinski definition) is 0. The van der Waals surface area contributed by atoms with Gasteiger partial charge in [0.05, 0.1) is 12.0 Å². The van der Waals surface area contributed by atoms with Gasteiger partial charge < -0.3 is 4.74 Å². The summed E-state index contributed by atoms with van der Waals surface area (Å²) in [6.45, 7) is 2.16. The van der Waals surface area contributed by atoms with E-state index < -0.39 is 5.60 Å². The highest BCUT2D eigenvalue weighted by molar-refractivity contribution is 6.00. The maximum absolute atomic E-state index is 12.6. The largest absolute Gasteiger partial charge is 0.481 e. The third-order valence-electron chi connectivity index (χ3n) is 4.17. The fourth-order valence-corrected chi connectivity index (χ4v) is 3.04. The van der Waals surface area contributed by atoms with Gasteiger partial charge in [-0.1, -0.05) is 55.8 Å². The van der Waals surface area contributed by atoms with Crippen molar-refractivity contribution in [1.29, 1.82) is 0 Å². The summed E-state index contributed by atoms with van der Waals surface area (Å²) in [5.74, 6) is 0.894. The number of fused-ring (bicyclic) bond motifs is 1. The molecule has 0 aromatic heterocycles. The lowest BCUT2D eigenvalue weighted by atomic mass is 9.80. The Bertz CT molecular complexity index is 633. The molecular weight excluding hydrogens is 260 g/mol. The van der Waals surface area contributed by atoms with E-state index in [1.165, 1.54) is 0 Å². The molecule has 0 N–H and O–H groups in total. The summed E-state index contributed by atoms with van der Waals surface area (Å²) in [6, 6.07) is 17.7. The molecule has 1 unspecified atom stereocenters. The molecule has 21 heavy (non-hydrogen) atoms. The molecule has 1 aliphatic heterocycles. The molecule has 0 fully saturated rings. The Morgan fingerprint density at radius 3 is 2.52 bits per heavy atom. The van der Waals surface area contributed by atoms with Crippen LogP contribution in [-0.2, 0) is 5.60 Å². The van der Waals surface area contributed by atoms with Crippen molar-refractivity contribution in [2.24, 2.45) is 0 Å². The maximum Gasteiger partial charge on any atom is 0.170 e. The van der Waals surface area contributed by atoms with E-state index in [9.17, 15) is 4.79 Å². The minimum Gasteiger partial charge on any atom is -0.481 e. The van der Waals surface area contributed by atoms with Gasteiger partial charge in [-0.2, -0.15) is 0 Å². The van der Waals surface area contributed by atoms with Crippen molar-refractivity contribution < 1.29 is 9.53 Å². The van der Waals surface area contributed by atoms with E-state index in [2.05, 4.69) is 19.1 Å². The molecule has 3 rings (SSSR count). The van der Waals surface area contributed by atoms with Gasteiger partial charge in [-0.15, -0.1) is 0 Å². The molecule has 0 aliphatic carbocycles. The second-order valence-electron chi connectivity index (χ2n) is 5.66. The van der Waals surface area contributed by atoms with Crippen molar-refractivity contribution in [3.05, 3.63) is 65.7 Å². The van der Waals surface area contributed by atoms with E-state index in [4.69, 9.17) is 4.74 Å². The summed E-state index contributed by atoms with van der Waals surface area (Å²) in [7, 11) is 0. The standard InChI is InChI=1S/C19H20O2/c1-2-3-13-19(15-9-5-4-6-10-15)14-17(20)16-11-7-8-12-18(16)21-19/h4-12H,2-3,13-14H2,1H3. The lowest BCUT2D eigenvalue weighted by molar-refractivity contribution is 0.0299. The van der Waals surface area contributed by atoms with Crippen LogP contribution in [0, 0.1) is 0 Å². The molecule has 0 radical (unpaired) electrons. The van der Waals surface area contributed by atoms with Crippen LogP contribution in [0.1, 0.15) is 48.5 Å². The summed E-state index contributed by atoms with van der Waals surface area (Å²) in [5, 5.41) is 0. The molecule has 2 aromatic rings. The number of carbonyl (C=O) groups is 1. The van der Waals surface area contributed by atoms with Crippen molar-refractivity contribution in [2.45, 2.75) is 38.2 Å². The topological polar surface area (TPSA) is 26.3 Å². The predicted octanol–water partition coefficient (Wildman–Crippen LogP) is 4.74. The van der Waals surface area contributed by atoms with Crippen LogP contribution in [0.5, 0.6) is 5.75 Å². The third-order valence-corrected chi connectivity index (χ3v) is 4.17. The first kappa shape index (κ1) is 13.9. The second kappa shape index (κ2) is 5.72. The average molecular weight is 280 g/mol. The normalized spacial score (nSPS) is 20.7. The first-order chi connectivity index (χ1) is 10.2. The molecule has 2 heteroatoms. The molecular formula is C19H20O2. The highest BCUT2D eigenvalue weighted by Gasteiger charge is 2.41. The van der Waals surface area contributed by atoms with E-state index in [-0.39, 0.29) is 5.78 Å². The summed E-state index contributed by atoms with van der Waals surface area (Å²) < 4.78 is 6.36. The van der Waals surface area contributed by atoms with Crippen LogP contribution in [0.4, 0.5) is 0 Å². The van der Waals surface area contributed by atoms with Crippen LogP contribution in [0.2, 0.25) is 0 Å². The van der Waals surface area contributed by atoms with Crippen LogP contribution in [0.25, 0.3) is 0 Å². The Labute approximate surface area is 125 Å². The monoisotopic (exact) mass is 280 g/mol. The number of hydrogen-bond acceptors (Lipinski definition) is 2. The fraction of sp³-hybridized carbons (Fsp3) is 0.316. The minimum atomic E-state index is -0.511. The number of rotatable bonds is 4. The zero-order valence-electron chi connectivity index (χ0n) is 12.3. The van der Waals surface area contributed by atoms with E-state index >= 15 is 0 Å². The summed E-state index contributed by atoms with van der Waals surface area (Å²) >= 11 is 0. The van der Waals surface area contributed by atoms with Crippen molar-refractivity contribution >= 4 is 5.78 Å². The zero-order valence-corrected chi connectivity index (χ0v) is 12.3. The van der Waals surface area contributed by atoms with Crippen LogP contribution < -0.4 is 4.74 Å². The summed E-state index contributed by atoms with van der Waals surface area (Å²) in [4.78, 5) is 12.6. The molecule has 108 valence electrons. The molecule has 1 heterocycles. The van der Waals surface area contributed by atoms with Gasteiger partial charge in [-0.05, 0) is 30.5 Å². The van der Waals surface area contributed by atoms with Crippen molar-refractivity contribution in [3.63, 3.8) is 0 Å². The van der Waals surface area contributed by atoms with Gasteiger partial charge in [0, 0.05) is 0 Å².